The van der Waals surface area contributed by atoms with Gasteiger partial charge in [-0.05, 0) is 35.9 Å². The zero-order valence-electron chi connectivity index (χ0n) is 12.3. The quantitative estimate of drug-likeness (QED) is 0.638. The molecule has 2 N–H and O–H groups in total. The van der Waals surface area contributed by atoms with Gasteiger partial charge in [0.15, 0.2) is 5.82 Å². The Labute approximate surface area is 154 Å². The molecule has 3 rings (SSSR count). The van der Waals surface area contributed by atoms with Crippen molar-refractivity contribution in [3.05, 3.63) is 69.3 Å². The molecule has 2 aromatic carbocycles. The van der Waals surface area contributed by atoms with E-state index in [0.29, 0.717) is 33.4 Å². The van der Waals surface area contributed by atoms with Gasteiger partial charge in [-0.2, -0.15) is 10.1 Å². The maximum Gasteiger partial charge on any atom is 0.244 e. The van der Waals surface area contributed by atoms with Crippen LogP contribution < -0.4 is 10.6 Å². The van der Waals surface area contributed by atoms with E-state index in [-0.39, 0.29) is 0 Å². The lowest BCUT2D eigenvalue weighted by molar-refractivity contribution is 0.949. The molecule has 1 heterocycles. The summed E-state index contributed by atoms with van der Waals surface area (Å²) in [4.78, 5) is 4.35. The minimum Gasteiger partial charge on any atom is -0.349 e. The van der Waals surface area contributed by atoms with Gasteiger partial charge in [0.2, 0.25) is 5.95 Å². The molecular weight excluding hydrogens is 369 g/mol. The molecule has 1 aromatic heterocycles. The summed E-state index contributed by atoms with van der Waals surface area (Å²) in [6, 6.07) is 12.7. The van der Waals surface area contributed by atoms with Gasteiger partial charge < -0.3 is 10.6 Å². The van der Waals surface area contributed by atoms with Crippen LogP contribution in [0.2, 0.25) is 15.1 Å². The van der Waals surface area contributed by atoms with E-state index in [1.165, 1.54) is 6.20 Å². The molecule has 5 nitrogen and oxygen atoms in total. The van der Waals surface area contributed by atoms with E-state index in [1.807, 2.05) is 24.3 Å². The van der Waals surface area contributed by atoms with Crippen molar-refractivity contribution < 1.29 is 0 Å². The smallest absolute Gasteiger partial charge is 0.244 e. The van der Waals surface area contributed by atoms with Crippen LogP contribution in [0, 0.1) is 0 Å². The van der Waals surface area contributed by atoms with Gasteiger partial charge in [-0.1, -0.05) is 46.9 Å². The van der Waals surface area contributed by atoms with Gasteiger partial charge in [0, 0.05) is 27.3 Å². The van der Waals surface area contributed by atoms with Gasteiger partial charge >= 0.3 is 0 Å². The average molecular weight is 381 g/mol. The van der Waals surface area contributed by atoms with E-state index in [1.54, 1.807) is 18.2 Å². The lowest BCUT2D eigenvalue weighted by atomic mass is 10.2. The number of benzene rings is 2. The number of anilines is 3. The fraction of sp³-hybridized carbons (Fsp3) is 0.0625. The Morgan fingerprint density at radius 3 is 2.29 bits per heavy atom. The summed E-state index contributed by atoms with van der Waals surface area (Å²) in [5.41, 5.74) is 1.78. The molecule has 3 aromatic rings. The first-order chi connectivity index (χ1) is 11.6. The predicted molar refractivity (Wildman–Crippen MR) is 98.4 cm³/mol. The highest BCUT2D eigenvalue weighted by atomic mass is 35.5. The van der Waals surface area contributed by atoms with Crippen molar-refractivity contribution in [2.45, 2.75) is 6.54 Å². The monoisotopic (exact) mass is 379 g/mol. The van der Waals surface area contributed by atoms with Gasteiger partial charge in [-0.15, -0.1) is 5.10 Å². The number of nitrogens with one attached hydrogen (secondary N) is 2. The van der Waals surface area contributed by atoms with E-state index in [4.69, 9.17) is 34.8 Å². The topological polar surface area (TPSA) is 62.7 Å². The van der Waals surface area contributed by atoms with Crippen LogP contribution in [0.15, 0.2) is 48.7 Å². The minimum atomic E-state index is 0.406. The van der Waals surface area contributed by atoms with Crippen LogP contribution in [-0.4, -0.2) is 15.2 Å². The van der Waals surface area contributed by atoms with Gasteiger partial charge in [0.1, 0.15) is 0 Å². The van der Waals surface area contributed by atoms with E-state index >= 15 is 0 Å². The number of halogens is 3. The minimum absolute atomic E-state index is 0.406. The number of rotatable bonds is 5. The lowest BCUT2D eigenvalue weighted by Crippen LogP contribution is -2.06. The van der Waals surface area contributed by atoms with E-state index in [9.17, 15) is 0 Å². The third-order valence-electron chi connectivity index (χ3n) is 3.06. The molecule has 0 aliphatic rings. The normalized spacial score (nSPS) is 10.5. The molecule has 0 saturated carbocycles. The first kappa shape index (κ1) is 16.8. The largest absolute Gasteiger partial charge is 0.349 e. The van der Waals surface area contributed by atoms with Gasteiger partial charge in [-0.3, -0.25) is 0 Å². The Balaban J connectivity index is 1.68. The summed E-state index contributed by atoms with van der Waals surface area (Å²) in [7, 11) is 0. The number of hydrogen-bond donors (Lipinski definition) is 2. The third kappa shape index (κ3) is 4.71. The van der Waals surface area contributed by atoms with E-state index < -0.39 is 0 Å². The first-order valence-electron chi connectivity index (χ1n) is 7.00. The fourth-order valence-electron chi connectivity index (χ4n) is 2.00. The third-order valence-corrected chi connectivity index (χ3v) is 3.75. The molecule has 0 amide bonds. The molecule has 0 saturated heterocycles. The Bertz CT molecular complexity index is 819. The molecule has 122 valence electrons. The summed E-state index contributed by atoms with van der Waals surface area (Å²) in [6.07, 6.45) is 1.52. The molecule has 0 spiro atoms. The average Bonchev–Trinajstić information content (AvgIpc) is 2.54. The zero-order valence-corrected chi connectivity index (χ0v) is 14.6. The number of aromatic nitrogens is 3. The number of hydrogen-bond acceptors (Lipinski definition) is 5. The van der Waals surface area contributed by atoms with Crippen LogP contribution in [0.3, 0.4) is 0 Å². The summed E-state index contributed by atoms with van der Waals surface area (Å²) in [6.45, 7) is 0.561. The van der Waals surface area contributed by atoms with Crippen molar-refractivity contribution >= 4 is 52.3 Å². The van der Waals surface area contributed by atoms with Crippen molar-refractivity contribution in [1.82, 2.24) is 15.2 Å². The highest BCUT2D eigenvalue weighted by Crippen LogP contribution is 2.24. The van der Waals surface area contributed by atoms with Crippen LogP contribution in [0.4, 0.5) is 17.5 Å². The lowest BCUT2D eigenvalue weighted by Gasteiger charge is -2.08. The maximum absolute atomic E-state index is 5.98. The first-order valence-corrected chi connectivity index (χ1v) is 8.13. The predicted octanol–water partition coefficient (Wildman–Crippen LogP) is 5.19. The van der Waals surface area contributed by atoms with Crippen LogP contribution >= 0.6 is 34.8 Å². The molecule has 0 radical (unpaired) electrons. The van der Waals surface area contributed by atoms with Crippen molar-refractivity contribution in [2.24, 2.45) is 0 Å². The summed E-state index contributed by atoms with van der Waals surface area (Å²) >= 11 is 17.8. The zero-order chi connectivity index (χ0) is 16.9. The summed E-state index contributed by atoms with van der Waals surface area (Å²) in [5.74, 6) is 0.935. The molecule has 0 aliphatic carbocycles. The second-order valence-corrected chi connectivity index (χ2v) is 6.24. The van der Waals surface area contributed by atoms with Gasteiger partial charge in [0.05, 0.1) is 6.20 Å². The van der Waals surface area contributed by atoms with Gasteiger partial charge in [-0.25, -0.2) is 0 Å². The molecule has 24 heavy (non-hydrogen) atoms. The molecular formula is C16H12Cl3N5. The molecule has 0 fully saturated rings. The Kier molecular flexibility index (Phi) is 5.35. The Hall–Kier alpha value is -2.08. The van der Waals surface area contributed by atoms with Crippen molar-refractivity contribution in [2.75, 3.05) is 10.6 Å². The molecule has 0 aliphatic heterocycles. The van der Waals surface area contributed by atoms with Crippen LogP contribution in [0.5, 0.6) is 0 Å². The molecule has 0 unspecified atom stereocenters. The molecule has 0 atom stereocenters. The second-order valence-electron chi connectivity index (χ2n) is 4.93. The Morgan fingerprint density at radius 2 is 1.58 bits per heavy atom. The van der Waals surface area contributed by atoms with Crippen molar-refractivity contribution in [3.63, 3.8) is 0 Å². The summed E-state index contributed by atoms with van der Waals surface area (Å²) in [5, 5.41) is 15.9. The SMILES string of the molecule is Clc1ccc(CNc2nncc(Nc3cc(Cl)cc(Cl)c3)n2)cc1. The highest BCUT2D eigenvalue weighted by Gasteiger charge is 2.03. The maximum atomic E-state index is 5.98. The standard InChI is InChI=1S/C16H12Cl3N5/c17-11-3-1-10(2-4-11)8-20-16-23-15(9-21-24-16)22-14-6-12(18)5-13(19)7-14/h1-7,9H,8H2,(H2,20,22,23,24). The van der Waals surface area contributed by atoms with Crippen molar-refractivity contribution in [3.8, 4) is 0 Å². The van der Waals surface area contributed by atoms with E-state index in [0.717, 1.165) is 11.3 Å². The van der Waals surface area contributed by atoms with Crippen molar-refractivity contribution in [1.29, 1.82) is 0 Å². The fourth-order valence-corrected chi connectivity index (χ4v) is 2.65. The van der Waals surface area contributed by atoms with Crippen LogP contribution in [0.1, 0.15) is 5.56 Å². The second kappa shape index (κ2) is 7.66. The Morgan fingerprint density at radius 1 is 0.875 bits per heavy atom. The molecule has 0 bridgehead atoms. The molecule has 8 heteroatoms. The summed E-state index contributed by atoms with van der Waals surface area (Å²) < 4.78 is 0. The number of nitrogens with zero attached hydrogens (tertiary/aromatic N) is 3. The van der Waals surface area contributed by atoms with Crippen LogP contribution in [0.25, 0.3) is 0 Å². The highest BCUT2D eigenvalue weighted by molar-refractivity contribution is 6.35. The van der Waals surface area contributed by atoms with E-state index in [2.05, 4.69) is 25.8 Å². The van der Waals surface area contributed by atoms with Gasteiger partial charge in [0.25, 0.3) is 0 Å². The van der Waals surface area contributed by atoms with Crippen LogP contribution in [-0.2, 0) is 6.54 Å².